The van der Waals surface area contributed by atoms with Crippen LogP contribution in [-0.4, -0.2) is 0 Å². The topological polar surface area (TPSA) is 0 Å². The lowest BCUT2D eigenvalue weighted by atomic mass is 9.91. The molecule has 64 heavy (non-hydrogen) atoms. The van der Waals surface area contributed by atoms with Gasteiger partial charge in [0.2, 0.25) is 0 Å². The van der Waals surface area contributed by atoms with Crippen LogP contribution >= 0.6 is 0 Å². The van der Waals surface area contributed by atoms with Crippen LogP contribution in [0.2, 0.25) is 0 Å². The van der Waals surface area contributed by atoms with Crippen molar-refractivity contribution in [1.29, 1.82) is 0 Å². The van der Waals surface area contributed by atoms with Crippen LogP contribution in [0.5, 0.6) is 0 Å². The van der Waals surface area contributed by atoms with Crippen molar-refractivity contribution >= 4 is 69.1 Å². The Morgan fingerprint density at radius 1 is 0.250 bits per heavy atom. The number of fused-ring (bicyclic) bond motifs is 2. The standard InChI is InChI=1S/C64H46/c1-3-19-55(20-4-1)63(61-31-15-27-53-23-11-13-29-59(53)61)45-57-25-9-7-17-49(57)39-33-47-35-41-51(42-36-47)52-43-37-48(38-44-52)34-40-50-18-8-10-26-58(50)46-64(56-21-5-2-6-22-56)62-32-16-28-54-24-12-14-30-60(54)62/h1-46H. The summed E-state index contributed by atoms with van der Waals surface area (Å²) in [5, 5.41) is 4.98. The van der Waals surface area contributed by atoms with Crippen LogP contribution in [0.25, 0.3) is 80.3 Å². The molecule has 0 saturated carbocycles. The minimum absolute atomic E-state index is 1.16. The van der Waals surface area contributed by atoms with Crippen LogP contribution < -0.4 is 0 Å². The monoisotopic (exact) mass is 814 g/mol. The normalized spacial score (nSPS) is 12.1. The summed E-state index contributed by atoms with van der Waals surface area (Å²) in [6.45, 7) is 0. The van der Waals surface area contributed by atoms with Gasteiger partial charge in [-0.25, -0.2) is 0 Å². The van der Waals surface area contributed by atoms with Gasteiger partial charge in [-0.1, -0.05) is 267 Å². The minimum Gasteiger partial charge on any atom is -0.0622 e. The highest BCUT2D eigenvalue weighted by Crippen LogP contribution is 2.35. The van der Waals surface area contributed by atoms with E-state index in [9.17, 15) is 0 Å². The molecule has 0 spiro atoms. The minimum atomic E-state index is 1.16. The summed E-state index contributed by atoms with van der Waals surface area (Å²) in [7, 11) is 0. The molecule has 0 heterocycles. The molecule has 0 aromatic heterocycles. The maximum atomic E-state index is 2.34. The van der Waals surface area contributed by atoms with Crippen molar-refractivity contribution in [2.24, 2.45) is 0 Å². The zero-order chi connectivity index (χ0) is 42.9. The number of hydrogen-bond acceptors (Lipinski definition) is 0. The number of benzene rings is 10. The molecule has 10 aromatic carbocycles. The third kappa shape index (κ3) is 8.86. The van der Waals surface area contributed by atoms with E-state index in [-0.39, 0.29) is 0 Å². The van der Waals surface area contributed by atoms with E-state index in [1.165, 1.54) is 88.3 Å². The van der Waals surface area contributed by atoms with E-state index in [1.54, 1.807) is 0 Å². The highest BCUT2D eigenvalue weighted by Gasteiger charge is 2.12. The molecule has 0 saturated heterocycles. The molecular weight excluding hydrogens is 769 g/mol. The second-order valence-corrected chi connectivity index (χ2v) is 16.1. The van der Waals surface area contributed by atoms with Gasteiger partial charge < -0.3 is 0 Å². The highest BCUT2D eigenvalue weighted by atomic mass is 14.2. The fourth-order valence-corrected chi connectivity index (χ4v) is 8.63. The van der Waals surface area contributed by atoms with Crippen molar-refractivity contribution < 1.29 is 0 Å². The van der Waals surface area contributed by atoms with Gasteiger partial charge in [-0.15, -0.1) is 0 Å². The molecule has 0 aliphatic rings. The summed E-state index contributed by atoms with van der Waals surface area (Å²) in [4.78, 5) is 0. The highest BCUT2D eigenvalue weighted by molar-refractivity contribution is 6.04. The van der Waals surface area contributed by atoms with E-state index < -0.39 is 0 Å². The third-order valence-electron chi connectivity index (χ3n) is 12.0. The maximum absolute atomic E-state index is 2.34. The second-order valence-electron chi connectivity index (χ2n) is 16.1. The van der Waals surface area contributed by atoms with Crippen LogP contribution in [0.4, 0.5) is 0 Å². The molecule has 0 unspecified atom stereocenters. The zero-order valence-corrected chi connectivity index (χ0v) is 35.6. The van der Waals surface area contributed by atoms with Crippen LogP contribution in [-0.2, 0) is 0 Å². The molecule has 302 valence electrons. The summed E-state index contributed by atoms with van der Waals surface area (Å²) >= 11 is 0. The average Bonchev–Trinajstić information content (AvgIpc) is 3.37. The molecule has 0 bridgehead atoms. The molecule has 10 rings (SSSR count). The van der Waals surface area contributed by atoms with Crippen molar-refractivity contribution in [2.45, 2.75) is 0 Å². The molecule has 0 heteroatoms. The fourth-order valence-electron chi connectivity index (χ4n) is 8.63. The Balaban J connectivity index is 0.879. The van der Waals surface area contributed by atoms with Crippen molar-refractivity contribution in [1.82, 2.24) is 0 Å². The Bertz CT molecular complexity index is 3090. The van der Waals surface area contributed by atoms with E-state index in [0.29, 0.717) is 0 Å². The predicted octanol–water partition coefficient (Wildman–Crippen LogP) is 17.2. The van der Waals surface area contributed by atoms with Gasteiger partial charge in [0.05, 0.1) is 0 Å². The van der Waals surface area contributed by atoms with Crippen LogP contribution in [0.3, 0.4) is 0 Å². The van der Waals surface area contributed by atoms with Gasteiger partial charge in [-0.3, -0.25) is 0 Å². The Labute approximate surface area is 376 Å². The van der Waals surface area contributed by atoms with E-state index in [1.807, 2.05) is 0 Å². The smallest absolute Gasteiger partial charge is 0.00990 e. The molecule has 0 N–H and O–H groups in total. The molecule has 0 fully saturated rings. The molecule has 0 nitrogen and oxygen atoms in total. The largest absolute Gasteiger partial charge is 0.0622 e. The van der Waals surface area contributed by atoms with E-state index in [4.69, 9.17) is 0 Å². The SMILES string of the molecule is C(=Cc1ccccc1C=C(c1ccccc1)c1cccc2ccccc12)c1ccc(-c2ccc(C=Cc3ccccc3C=C(c3ccccc3)c3cccc4ccccc34)cc2)cc1. The number of rotatable bonds is 11. The second kappa shape index (κ2) is 18.7. The quantitative estimate of drug-likeness (QED) is 0.114. The summed E-state index contributed by atoms with van der Waals surface area (Å²) < 4.78 is 0. The van der Waals surface area contributed by atoms with Gasteiger partial charge in [0.1, 0.15) is 0 Å². The lowest BCUT2D eigenvalue weighted by Crippen LogP contribution is -1.91. The summed E-state index contributed by atoms with van der Waals surface area (Å²) in [5.74, 6) is 0. The molecule has 0 radical (unpaired) electrons. The first-order valence-electron chi connectivity index (χ1n) is 22.0. The first-order valence-corrected chi connectivity index (χ1v) is 22.0. The Morgan fingerprint density at radius 2 is 0.594 bits per heavy atom. The summed E-state index contributed by atoms with van der Waals surface area (Å²) in [6.07, 6.45) is 13.6. The van der Waals surface area contributed by atoms with Gasteiger partial charge in [-0.05, 0) is 112 Å². The number of hydrogen-bond donors (Lipinski definition) is 0. The third-order valence-corrected chi connectivity index (χ3v) is 12.0. The molecule has 0 aliphatic heterocycles. The first kappa shape index (κ1) is 39.8. The van der Waals surface area contributed by atoms with E-state index in [2.05, 4.69) is 279 Å². The average molecular weight is 815 g/mol. The Hall–Kier alpha value is -8.32. The molecule has 0 aliphatic carbocycles. The molecular formula is C64H46. The van der Waals surface area contributed by atoms with Gasteiger partial charge in [0.15, 0.2) is 0 Å². The fraction of sp³-hybridized carbons (Fsp3) is 0. The van der Waals surface area contributed by atoms with Crippen LogP contribution in [0.15, 0.2) is 243 Å². The molecule has 0 amide bonds. The lowest BCUT2D eigenvalue weighted by Gasteiger charge is -2.13. The Kier molecular flexibility index (Phi) is 11.7. The summed E-state index contributed by atoms with van der Waals surface area (Å²) in [5.41, 5.74) is 16.6. The van der Waals surface area contributed by atoms with Crippen molar-refractivity contribution in [3.05, 3.63) is 298 Å². The molecule has 10 aromatic rings. The predicted molar refractivity (Wildman–Crippen MR) is 277 cm³/mol. The van der Waals surface area contributed by atoms with Gasteiger partial charge in [-0.2, -0.15) is 0 Å². The summed E-state index contributed by atoms with van der Waals surface area (Å²) in [6, 6.07) is 86.8. The van der Waals surface area contributed by atoms with Gasteiger partial charge >= 0.3 is 0 Å². The van der Waals surface area contributed by atoms with Crippen molar-refractivity contribution in [3.63, 3.8) is 0 Å². The molecule has 0 atom stereocenters. The van der Waals surface area contributed by atoms with Gasteiger partial charge in [0, 0.05) is 0 Å². The van der Waals surface area contributed by atoms with E-state index >= 15 is 0 Å². The maximum Gasteiger partial charge on any atom is -0.00990 e. The Morgan fingerprint density at radius 3 is 1.02 bits per heavy atom. The van der Waals surface area contributed by atoms with Crippen molar-refractivity contribution in [3.8, 4) is 11.1 Å². The van der Waals surface area contributed by atoms with Crippen molar-refractivity contribution in [2.75, 3.05) is 0 Å². The lowest BCUT2D eigenvalue weighted by molar-refractivity contribution is 1.56. The van der Waals surface area contributed by atoms with Gasteiger partial charge in [0.25, 0.3) is 0 Å². The van der Waals surface area contributed by atoms with Crippen LogP contribution in [0.1, 0.15) is 55.6 Å². The van der Waals surface area contributed by atoms with Crippen LogP contribution in [0, 0.1) is 0 Å². The van der Waals surface area contributed by atoms with E-state index in [0.717, 1.165) is 11.1 Å². The first-order chi connectivity index (χ1) is 31.7. The zero-order valence-electron chi connectivity index (χ0n) is 35.6.